The van der Waals surface area contributed by atoms with E-state index in [1.165, 1.54) is 6.92 Å². The van der Waals surface area contributed by atoms with Crippen LogP contribution in [-0.4, -0.2) is 5.97 Å². The molecule has 3 rings (SSSR count). The highest BCUT2D eigenvalue weighted by Crippen LogP contribution is 2.30. The predicted octanol–water partition coefficient (Wildman–Crippen LogP) is 7.12. The largest absolute Gasteiger partial charge is 0.485 e. The second kappa shape index (κ2) is 13.1. The molecule has 0 spiro atoms. The number of carbonyl (C=O) groups excluding carboxylic acids is 1. The summed E-state index contributed by atoms with van der Waals surface area (Å²) in [5.74, 6) is -2.72. The van der Waals surface area contributed by atoms with Gasteiger partial charge in [-0.05, 0) is 24.6 Å². The van der Waals surface area contributed by atoms with Crippen molar-refractivity contribution in [3.8, 4) is 11.5 Å². The van der Waals surface area contributed by atoms with Gasteiger partial charge in [0.2, 0.25) is 0 Å². The van der Waals surface area contributed by atoms with Crippen molar-refractivity contribution in [2.24, 2.45) is 0 Å². The molecule has 0 radical (unpaired) electrons. The van der Waals surface area contributed by atoms with Gasteiger partial charge < -0.3 is 9.47 Å². The number of hydrogen-bond donors (Lipinski definition) is 0. The normalized spacial score (nSPS) is 9.43. The van der Waals surface area contributed by atoms with Gasteiger partial charge in [0, 0.05) is 11.6 Å². The molecular formula is C25H28F2O3. The van der Waals surface area contributed by atoms with Crippen molar-refractivity contribution < 1.29 is 23.0 Å². The summed E-state index contributed by atoms with van der Waals surface area (Å²) in [4.78, 5) is 12.5. The molecule has 30 heavy (non-hydrogen) atoms. The van der Waals surface area contributed by atoms with Gasteiger partial charge in [-0.2, -0.15) is 0 Å². The number of para-hydroxylation sites is 1. The quantitative estimate of drug-likeness (QED) is 0.329. The van der Waals surface area contributed by atoms with Crippen LogP contribution in [0.3, 0.4) is 0 Å². The second-order valence-electron chi connectivity index (χ2n) is 5.65. The van der Waals surface area contributed by atoms with Crippen LogP contribution in [0, 0.1) is 18.6 Å². The fourth-order valence-electron chi connectivity index (χ4n) is 2.46. The lowest BCUT2D eigenvalue weighted by atomic mass is 10.1. The molecule has 0 unspecified atom stereocenters. The Morgan fingerprint density at radius 2 is 1.37 bits per heavy atom. The maximum atomic E-state index is 14.3. The molecule has 0 atom stereocenters. The van der Waals surface area contributed by atoms with Gasteiger partial charge in [0.1, 0.15) is 23.7 Å². The Kier molecular flexibility index (Phi) is 10.8. The van der Waals surface area contributed by atoms with Crippen molar-refractivity contribution in [2.45, 2.75) is 41.2 Å². The van der Waals surface area contributed by atoms with E-state index in [-0.39, 0.29) is 29.2 Å². The van der Waals surface area contributed by atoms with Crippen molar-refractivity contribution in [3.05, 3.63) is 95.1 Å². The Morgan fingerprint density at radius 1 is 0.833 bits per heavy atom. The SMILES string of the molecule is CC.CC.Cc1c(F)cc(F)c(OCc2ccccc2)c1C(=O)Oc1ccccc1. The number of hydrogen-bond acceptors (Lipinski definition) is 3. The summed E-state index contributed by atoms with van der Waals surface area (Å²) < 4.78 is 39.0. The Hall–Kier alpha value is -3.21. The number of benzene rings is 3. The third-order valence-corrected chi connectivity index (χ3v) is 3.81. The van der Waals surface area contributed by atoms with Crippen LogP contribution in [0.25, 0.3) is 0 Å². The van der Waals surface area contributed by atoms with E-state index in [4.69, 9.17) is 9.47 Å². The maximum Gasteiger partial charge on any atom is 0.347 e. The third-order valence-electron chi connectivity index (χ3n) is 3.81. The molecule has 0 heterocycles. The van der Waals surface area contributed by atoms with Crippen molar-refractivity contribution in [1.29, 1.82) is 0 Å². The van der Waals surface area contributed by atoms with Gasteiger partial charge in [-0.3, -0.25) is 0 Å². The molecule has 160 valence electrons. The second-order valence-corrected chi connectivity index (χ2v) is 5.65. The predicted molar refractivity (Wildman–Crippen MR) is 116 cm³/mol. The van der Waals surface area contributed by atoms with Crippen molar-refractivity contribution in [3.63, 3.8) is 0 Å². The standard InChI is InChI=1S/C21H16F2O3.2C2H6/c1-14-17(22)12-18(23)20(25-13-15-8-4-2-5-9-15)19(14)21(24)26-16-10-6-3-7-11-16;2*1-2/h2-12H,13H2,1H3;2*1-2H3. The first-order chi connectivity index (χ1) is 14.6. The Balaban J connectivity index is 0.00000106. The highest BCUT2D eigenvalue weighted by atomic mass is 19.1. The molecule has 0 N–H and O–H groups in total. The van der Waals surface area contributed by atoms with Gasteiger partial charge in [0.15, 0.2) is 11.6 Å². The molecule has 0 bridgehead atoms. The minimum Gasteiger partial charge on any atom is -0.485 e. The molecular weight excluding hydrogens is 386 g/mol. The molecule has 0 saturated heterocycles. The van der Waals surface area contributed by atoms with E-state index in [9.17, 15) is 13.6 Å². The first-order valence-electron chi connectivity index (χ1n) is 9.99. The zero-order valence-electron chi connectivity index (χ0n) is 18.0. The van der Waals surface area contributed by atoms with Gasteiger partial charge in [-0.1, -0.05) is 76.2 Å². The van der Waals surface area contributed by atoms with E-state index < -0.39 is 17.6 Å². The lowest BCUT2D eigenvalue weighted by Crippen LogP contribution is -2.15. The molecule has 0 saturated carbocycles. The summed E-state index contributed by atoms with van der Waals surface area (Å²) in [5.41, 5.74) is 0.494. The number of esters is 1. The topological polar surface area (TPSA) is 35.5 Å². The Morgan fingerprint density at radius 3 is 1.93 bits per heavy atom. The summed E-state index contributed by atoms with van der Waals surface area (Å²) in [6.07, 6.45) is 0. The first-order valence-corrected chi connectivity index (χ1v) is 9.99. The summed E-state index contributed by atoms with van der Waals surface area (Å²) in [6.45, 7) is 9.42. The van der Waals surface area contributed by atoms with E-state index in [0.717, 1.165) is 5.56 Å². The molecule has 0 amide bonds. The van der Waals surface area contributed by atoms with Crippen molar-refractivity contribution in [2.75, 3.05) is 0 Å². The Labute approximate surface area is 177 Å². The van der Waals surface area contributed by atoms with E-state index in [0.29, 0.717) is 6.07 Å². The van der Waals surface area contributed by atoms with Gasteiger partial charge in [-0.15, -0.1) is 0 Å². The zero-order valence-corrected chi connectivity index (χ0v) is 18.0. The maximum absolute atomic E-state index is 14.3. The van der Waals surface area contributed by atoms with Crippen LogP contribution in [0.4, 0.5) is 8.78 Å². The minimum absolute atomic E-state index is 0.0320. The van der Waals surface area contributed by atoms with Gasteiger partial charge >= 0.3 is 5.97 Å². The first kappa shape index (κ1) is 24.8. The average Bonchev–Trinajstić information content (AvgIpc) is 2.79. The third kappa shape index (κ3) is 6.69. The monoisotopic (exact) mass is 414 g/mol. The molecule has 0 aliphatic heterocycles. The summed E-state index contributed by atoms with van der Waals surface area (Å²) >= 11 is 0. The Bertz CT molecular complexity index is 911. The molecule has 0 aromatic heterocycles. The number of halogens is 2. The molecule has 0 aliphatic carbocycles. The highest BCUT2D eigenvalue weighted by molar-refractivity contribution is 5.95. The van der Waals surface area contributed by atoms with Crippen LogP contribution in [0.2, 0.25) is 0 Å². The number of carbonyl (C=O) groups is 1. The molecule has 3 nitrogen and oxygen atoms in total. The molecule has 0 aliphatic rings. The van der Waals surface area contributed by atoms with Crippen LogP contribution in [-0.2, 0) is 6.61 Å². The van der Waals surface area contributed by atoms with Crippen LogP contribution >= 0.6 is 0 Å². The van der Waals surface area contributed by atoms with Crippen LogP contribution in [0.15, 0.2) is 66.7 Å². The zero-order chi connectivity index (χ0) is 22.5. The highest BCUT2D eigenvalue weighted by Gasteiger charge is 2.25. The lowest BCUT2D eigenvalue weighted by molar-refractivity contribution is 0.0727. The smallest absolute Gasteiger partial charge is 0.347 e. The molecule has 3 aromatic carbocycles. The fraction of sp³-hybridized carbons (Fsp3) is 0.240. The number of rotatable bonds is 5. The van der Waals surface area contributed by atoms with Crippen LogP contribution in [0.1, 0.15) is 49.2 Å². The number of ether oxygens (including phenoxy) is 2. The fourth-order valence-corrected chi connectivity index (χ4v) is 2.46. The van der Waals surface area contributed by atoms with Gasteiger partial charge in [-0.25, -0.2) is 13.6 Å². The van der Waals surface area contributed by atoms with Gasteiger partial charge in [0.25, 0.3) is 0 Å². The van der Waals surface area contributed by atoms with Crippen LogP contribution < -0.4 is 9.47 Å². The van der Waals surface area contributed by atoms with Gasteiger partial charge in [0.05, 0.1) is 0 Å². The average molecular weight is 414 g/mol. The summed E-state index contributed by atoms with van der Waals surface area (Å²) in [7, 11) is 0. The van der Waals surface area contributed by atoms with E-state index >= 15 is 0 Å². The lowest BCUT2D eigenvalue weighted by Gasteiger charge is -2.15. The summed E-state index contributed by atoms with van der Waals surface area (Å²) in [6, 6.07) is 18.1. The van der Waals surface area contributed by atoms with Crippen LogP contribution in [0.5, 0.6) is 11.5 Å². The van der Waals surface area contributed by atoms with E-state index in [1.807, 2.05) is 45.9 Å². The van der Waals surface area contributed by atoms with Crippen molar-refractivity contribution >= 4 is 5.97 Å². The van der Waals surface area contributed by atoms with E-state index in [2.05, 4.69) is 0 Å². The molecule has 5 heteroatoms. The molecule has 0 fully saturated rings. The van der Waals surface area contributed by atoms with E-state index in [1.54, 1.807) is 42.5 Å². The molecule has 3 aromatic rings. The van der Waals surface area contributed by atoms with Crippen molar-refractivity contribution in [1.82, 2.24) is 0 Å². The summed E-state index contributed by atoms with van der Waals surface area (Å²) in [5, 5.41) is 0. The minimum atomic E-state index is -0.955.